The molecular weight excluding hydrogens is 1290 g/mol. The quantitative estimate of drug-likeness (QED) is 0.141. The fraction of sp³-hybridized carbons (Fsp3) is 0.327. The highest BCUT2D eigenvalue weighted by Crippen LogP contribution is 2.54. The van der Waals surface area contributed by atoms with Crippen molar-refractivity contribution in [2.24, 2.45) is 0 Å². The standard InChI is InChI=1S/C98H108B2N4O2/c1-91(2,3)61-45-62(92(4,5)6)48-69(47-61)103-81-53-65(95(13,14)15)51-75(97(19,20)21)87(81)99-77-59-78-80(60-79(77)101(67-37-29-25-30-38-67)83-55-73(57-85(103)89(83)99)105-71-41-33-27-34-42-71)102(68-39-31-26-32-40-68)84-56-74(106-72-43-35-28-36-44-72)58-86-90(84)100(78)88-76(98(22,23)24)52-66(96(16,17)18)54-82(88)104(86)70-49-63(93(7,8)9)46-64(50-70)94(10,11)12/h25-60H,1-24H3. The Morgan fingerprint density at radius 2 is 0.462 bits per heavy atom. The topological polar surface area (TPSA) is 31.4 Å². The minimum absolute atomic E-state index is 0.162. The molecule has 0 atom stereocenters. The van der Waals surface area contributed by atoms with Crippen molar-refractivity contribution in [1.82, 2.24) is 0 Å². The van der Waals surface area contributed by atoms with Gasteiger partial charge in [0.25, 0.3) is 13.4 Å². The Hall–Kier alpha value is -9.65. The summed E-state index contributed by atoms with van der Waals surface area (Å²) < 4.78 is 14.6. The van der Waals surface area contributed by atoms with E-state index in [2.05, 4.69) is 404 Å². The first-order valence-corrected chi connectivity index (χ1v) is 38.6. The second-order valence-corrected chi connectivity index (χ2v) is 38.9. The van der Waals surface area contributed by atoms with Crippen molar-refractivity contribution in [2.75, 3.05) is 19.6 Å². The summed E-state index contributed by atoms with van der Waals surface area (Å²) in [5, 5.41) is 0. The molecule has 4 heterocycles. The van der Waals surface area contributed by atoms with Crippen LogP contribution in [0.4, 0.5) is 68.2 Å². The second kappa shape index (κ2) is 25.0. The predicted octanol–water partition coefficient (Wildman–Crippen LogP) is 23.8. The molecule has 0 bridgehead atoms. The first kappa shape index (κ1) is 71.9. The summed E-state index contributed by atoms with van der Waals surface area (Å²) >= 11 is 0. The molecule has 4 aliphatic rings. The van der Waals surface area contributed by atoms with Gasteiger partial charge in [0.2, 0.25) is 0 Å². The average Bonchev–Trinajstić information content (AvgIpc) is 0.680. The first-order valence-electron chi connectivity index (χ1n) is 38.6. The Morgan fingerprint density at radius 1 is 0.208 bits per heavy atom. The Kier molecular flexibility index (Phi) is 16.9. The van der Waals surface area contributed by atoms with Crippen LogP contribution in [0.1, 0.15) is 211 Å². The second-order valence-electron chi connectivity index (χ2n) is 38.9. The van der Waals surface area contributed by atoms with Crippen molar-refractivity contribution in [3.63, 3.8) is 0 Å². The molecule has 0 saturated carbocycles. The maximum atomic E-state index is 7.32. The number of rotatable bonds is 8. The van der Waals surface area contributed by atoms with Gasteiger partial charge in [-0.25, -0.2) is 0 Å². The molecule has 538 valence electrons. The molecule has 8 heteroatoms. The summed E-state index contributed by atoms with van der Waals surface area (Å²) in [7, 11) is 0. The number of hydrogen-bond donors (Lipinski definition) is 0. The number of ether oxygens (including phenoxy) is 2. The van der Waals surface area contributed by atoms with Gasteiger partial charge in [-0.3, -0.25) is 0 Å². The van der Waals surface area contributed by atoms with E-state index in [1.165, 1.54) is 88.7 Å². The monoisotopic (exact) mass is 1390 g/mol. The summed E-state index contributed by atoms with van der Waals surface area (Å²) in [6, 6.07) is 83.0. The van der Waals surface area contributed by atoms with Gasteiger partial charge in [0.05, 0.1) is 0 Å². The van der Waals surface area contributed by atoms with Crippen LogP contribution in [0.2, 0.25) is 0 Å². The number of para-hydroxylation sites is 4. The Bertz CT molecular complexity index is 4880. The zero-order chi connectivity index (χ0) is 75.7. The molecule has 4 aliphatic heterocycles. The summed E-state index contributed by atoms with van der Waals surface area (Å²) in [5.74, 6) is 3.07. The Labute approximate surface area is 635 Å². The lowest BCUT2D eigenvalue weighted by Gasteiger charge is -2.49. The van der Waals surface area contributed by atoms with E-state index in [4.69, 9.17) is 9.47 Å². The van der Waals surface area contributed by atoms with Crippen LogP contribution in [0.15, 0.2) is 218 Å². The summed E-state index contributed by atoms with van der Waals surface area (Å²) in [5.41, 5.74) is 29.8. The van der Waals surface area contributed by atoms with Gasteiger partial charge < -0.3 is 29.1 Å². The molecule has 106 heavy (non-hydrogen) atoms. The zero-order valence-corrected chi connectivity index (χ0v) is 67.5. The molecule has 0 saturated heterocycles. The van der Waals surface area contributed by atoms with E-state index in [9.17, 15) is 0 Å². The highest BCUT2D eigenvalue weighted by molar-refractivity contribution is 7.03. The van der Waals surface area contributed by atoms with Crippen molar-refractivity contribution < 1.29 is 9.47 Å². The third kappa shape index (κ3) is 12.7. The largest absolute Gasteiger partial charge is 0.457 e. The van der Waals surface area contributed by atoms with Crippen molar-refractivity contribution >= 4 is 114 Å². The van der Waals surface area contributed by atoms with Gasteiger partial charge in [-0.15, -0.1) is 0 Å². The third-order valence-electron chi connectivity index (χ3n) is 22.6. The molecular formula is C98H108B2N4O2. The summed E-state index contributed by atoms with van der Waals surface area (Å²) in [6.07, 6.45) is 0. The van der Waals surface area contributed by atoms with Crippen LogP contribution >= 0.6 is 0 Å². The van der Waals surface area contributed by atoms with E-state index in [-0.39, 0.29) is 56.7 Å². The minimum atomic E-state index is -0.313. The van der Waals surface area contributed by atoms with Gasteiger partial charge in [0, 0.05) is 92.5 Å². The van der Waals surface area contributed by atoms with Crippen LogP contribution in [0.5, 0.6) is 23.0 Å². The minimum Gasteiger partial charge on any atom is -0.457 e. The number of benzene rings is 11. The zero-order valence-electron chi connectivity index (χ0n) is 67.5. The van der Waals surface area contributed by atoms with E-state index in [0.29, 0.717) is 0 Å². The van der Waals surface area contributed by atoms with Crippen molar-refractivity contribution in [3.8, 4) is 23.0 Å². The highest BCUT2D eigenvalue weighted by atomic mass is 16.5. The van der Waals surface area contributed by atoms with Crippen molar-refractivity contribution in [2.45, 2.75) is 209 Å². The van der Waals surface area contributed by atoms with Gasteiger partial charge in [-0.2, -0.15) is 0 Å². The van der Waals surface area contributed by atoms with Crippen molar-refractivity contribution in [3.05, 3.63) is 263 Å². The number of hydrogen-bond acceptors (Lipinski definition) is 6. The van der Waals surface area contributed by atoms with Crippen LogP contribution < -0.4 is 61.9 Å². The normalized spacial score (nSPS) is 14.3. The highest BCUT2D eigenvalue weighted by Gasteiger charge is 2.52. The molecule has 0 fully saturated rings. The molecule has 0 radical (unpaired) electrons. The van der Waals surface area contributed by atoms with Gasteiger partial charge in [-0.05, 0) is 212 Å². The maximum absolute atomic E-state index is 7.32. The van der Waals surface area contributed by atoms with Gasteiger partial charge >= 0.3 is 0 Å². The SMILES string of the molecule is CC(C)(C)c1cc(N2c3cc(Oc4ccccc4)cc4c3B(c3cc5c(cc3N4c3ccccc3)N(c3ccccc3)c3cc(Oc4ccccc4)cc4c3B5c3c(cc(C(C)(C)C)cc3C(C)(C)C)N4c3cc(C(C)(C)C)cc(C(C)(C)C)c3)c3c2cc(C(C)(C)C)cc3C(C)(C)C)cc(C(C)(C)C)c1. The molecule has 11 aromatic carbocycles. The molecule has 0 unspecified atom stereocenters. The Balaban J connectivity index is 1.15. The lowest BCUT2D eigenvalue weighted by molar-refractivity contribution is 0.483. The molecule has 11 aromatic rings. The fourth-order valence-electron chi connectivity index (χ4n) is 16.6. The van der Waals surface area contributed by atoms with E-state index >= 15 is 0 Å². The molecule has 0 amide bonds. The van der Waals surface area contributed by atoms with Crippen LogP contribution in [0, 0.1) is 0 Å². The molecule has 0 aliphatic carbocycles. The molecule has 6 nitrogen and oxygen atoms in total. The molecule has 0 N–H and O–H groups in total. The molecule has 0 aromatic heterocycles. The van der Waals surface area contributed by atoms with E-state index in [1.807, 2.05) is 0 Å². The fourth-order valence-corrected chi connectivity index (χ4v) is 16.6. The maximum Gasteiger partial charge on any atom is 0.252 e. The summed E-state index contributed by atoms with van der Waals surface area (Å²) in [6.45, 7) is 56.7. The Morgan fingerprint density at radius 3 is 0.736 bits per heavy atom. The lowest BCUT2D eigenvalue weighted by atomic mass is 9.29. The third-order valence-corrected chi connectivity index (χ3v) is 22.6. The van der Waals surface area contributed by atoms with Crippen LogP contribution in [-0.4, -0.2) is 13.4 Å². The lowest BCUT2D eigenvalue weighted by Crippen LogP contribution is -2.66. The van der Waals surface area contributed by atoms with Gasteiger partial charge in [0.1, 0.15) is 23.0 Å². The predicted molar refractivity (Wildman–Crippen MR) is 457 cm³/mol. The van der Waals surface area contributed by atoms with E-state index < -0.39 is 0 Å². The average molecular weight is 1400 g/mol. The van der Waals surface area contributed by atoms with E-state index in [0.717, 1.165) is 79.9 Å². The van der Waals surface area contributed by atoms with E-state index in [1.54, 1.807) is 0 Å². The smallest absolute Gasteiger partial charge is 0.252 e. The van der Waals surface area contributed by atoms with Gasteiger partial charge in [-0.1, -0.05) is 269 Å². The number of nitrogens with zero attached hydrogens (tertiary/aromatic N) is 4. The first-order chi connectivity index (χ1) is 49.6. The van der Waals surface area contributed by atoms with Gasteiger partial charge in [0.15, 0.2) is 0 Å². The van der Waals surface area contributed by atoms with Crippen LogP contribution in [0.25, 0.3) is 0 Å². The van der Waals surface area contributed by atoms with Crippen LogP contribution in [-0.2, 0) is 43.3 Å². The molecule has 15 rings (SSSR count). The van der Waals surface area contributed by atoms with Crippen molar-refractivity contribution in [1.29, 1.82) is 0 Å². The van der Waals surface area contributed by atoms with Crippen LogP contribution in [0.3, 0.4) is 0 Å². The number of fused-ring (bicyclic) bond motifs is 8. The number of anilines is 12. The molecule has 0 spiro atoms. The summed E-state index contributed by atoms with van der Waals surface area (Å²) in [4.78, 5) is 10.5.